The van der Waals surface area contributed by atoms with Gasteiger partial charge in [0.05, 0.1) is 5.71 Å². The third-order valence-corrected chi connectivity index (χ3v) is 3.56. The minimum absolute atomic E-state index is 0.0287. The number of rotatable bonds is 1. The zero-order valence-corrected chi connectivity index (χ0v) is 11.0. The zero-order valence-electron chi connectivity index (χ0n) is 11.0. The van der Waals surface area contributed by atoms with Gasteiger partial charge in [-0.3, -0.25) is 4.79 Å². The quantitative estimate of drug-likeness (QED) is 0.623. The Balaban J connectivity index is 1.74. The van der Waals surface area contributed by atoms with Crippen molar-refractivity contribution >= 4 is 11.6 Å². The molecule has 0 unspecified atom stereocenters. The van der Waals surface area contributed by atoms with E-state index in [1.807, 2.05) is 0 Å². The fourth-order valence-electron chi connectivity index (χ4n) is 2.43. The van der Waals surface area contributed by atoms with Gasteiger partial charge in [-0.2, -0.15) is 0 Å². The van der Waals surface area contributed by atoms with Crippen molar-refractivity contribution in [2.75, 3.05) is 26.3 Å². The Hall–Kier alpha value is -2.24. The summed E-state index contributed by atoms with van der Waals surface area (Å²) in [6.07, 6.45) is 1.24. The third kappa shape index (κ3) is 2.41. The average molecular weight is 276 g/mol. The first-order chi connectivity index (χ1) is 9.78. The highest BCUT2D eigenvalue weighted by Crippen LogP contribution is 2.31. The van der Waals surface area contributed by atoms with Crippen LogP contribution in [0.5, 0.6) is 11.5 Å². The molecule has 0 aliphatic carbocycles. The largest absolute Gasteiger partial charge is 0.486 e. The summed E-state index contributed by atoms with van der Waals surface area (Å²) in [7, 11) is 0. The topological polar surface area (TPSA) is 71.4 Å². The molecule has 1 aromatic carbocycles. The second-order valence-electron chi connectivity index (χ2n) is 4.82. The lowest BCUT2D eigenvalue weighted by molar-refractivity contribution is 0.0752. The summed E-state index contributed by atoms with van der Waals surface area (Å²) in [4.78, 5) is 14.2. The number of nitrogens with zero attached hydrogens (tertiary/aromatic N) is 2. The summed E-state index contributed by atoms with van der Waals surface area (Å²) in [6, 6.07) is 5.25. The number of amides is 1. The van der Waals surface area contributed by atoms with Crippen molar-refractivity contribution in [2.24, 2.45) is 5.16 Å². The van der Waals surface area contributed by atoms with Gasteiger partial charge in [0, 0.05) is 31.5 Å². The molecule has 6 nitrogen and oxygen atoms in total. The molecule has 0 radical (unpaired) electrons. The molecule has 0 spiro atoms. The Morgan fingerprint density at radius 2 is 1.85 bits per heavy atom. The normalized spacial score (nSPS) is 17.8. The van der Waals surface area contributed by atoms with Crippen molar-refractivity contribution in [2.45, 2.75) is 12.8 Å². The second kappa shape index (κ2) is 5.40. The summed E-state index contributed by atoms with van der Waals surface area (Å²) in [5, 5.41) is 11.9. The number of fused-ring (bicyclic) bond motifs is 1. The minimum Gasteiger partial charge on any atom is -0.486 e. The van der Waals surface area contributed by atoms with E-state index in [0.717, 1.165) is 5.71 Å². The van der Waals surface area contributed by atoms with Gasteiger partial charge in [-0.15, -0.1) is 0 Å². The predicted octanol–water partition coefficient (Wildman–Crippen LogP) is 1.52. The third-order valence-electron chi connectivity index (χ3n) is 3.56. The van der Waals surface area contributed by atoms with Gasteiger partial charge in [0.25, 0.3) is 5.91 Å². The van der Waals surface area contributed by atoms with Gasteiger partial charge < -0.3 is 19.6 Å². The maximum absolute atomic E-state index is 12.4. The van der Waals surface area contributed by atoms with Crippen LogP contribution in [0.2, 0.25) is 0 Å². The van der Waals surface area contributed by atoms with E-state index in [4.69, 9.17) is 14.7 Å². The van der Waals surface area contributed by atoms with E-state index < -0.39 is 0 Å². The van der Waals surface area contributed by atoms with Crippen LogP contribution in [-0.2, 0) is 0 Å². The van der Waals surface area contributed by atoms with E-state index in [-0.39, 0.29) is 5.91 Å². The molecule has 1 saturated heterocycles. The van der Waals surface area contributed by atoms with E-state index >= 15 is 0 Å². The number of carbonyl (C=O) groups is 1. The zero-order chi connectivity index (χ0) is 13.9. The van der Waals surface area contributed by atoms with Crippen LogP contribution in [0, 0.1) is 0 Å². The lowest BCUT2D eigenvalue weighted by atomic mass is 10.1. The molecular formula is C14H16N2O4. The maximum Gasteiger partial charge on any atom is 0.254 e. The number of hydrogen-bond acceptors (Lipinski definition) is 5. The average Bonchev–Trinajstić information content (AvgIpc) is 2.54. The Bertz CT molecular complexity index is 546. The van der Waals surface area contributed by atoms with Crippen molar-refractivity contribution < 1.29 is 19.5 Å². The molecule has 3 rings (SSSR count). The van der Waals surface area contributed by atoms with E-state index in [1.165, 1.54) is 0 Å². The highest BCUT2D eigenvalue weighted by molar-refractivity contribution is 5.96. The highest BCUT2D eigenvalue weighted by atomic mass is 16.6. The lowest BCUT2D eigenvalue weighted by Gasteiger charge is -2.27. The molecule has 2 aliphatic heterocycles. The molecule has 106 valence electrons. The maximum atomic E-state index is 12.4. The van der Waals surface area contributed by atoms with Crippen LogP contribution < -0.4 is 9.47 Å². The molecule has 0 aromatic heterocycles. The van der Waals surface area contributed by atoms with Crippen LogP contribution in [0.4, 0.5) is 0 Å². The van der Waals surface area contributed by atoms with Crippen LogP contribution in [0.1, 0.15) is 23.2 Å². The molecule has 1 aromatic rings. The van der Waals surface area contributed by atoms with Gasteiger partial charge >= 0.3 is 0 Å². The Kier molecular flexibility index (Phi) is 3.45. The van der Waals surface area contributed by atoms with Crippen molar-refractivity contribution in [1.29, 1.82) is 0 Å². The van der Waals surface area contributed by atoms with Gasteiger partial charge in [-0.25, -0.2) is 0 Å². The Morgan fingerprint density at radius 3 is 2.55 bits per heavy atom. The smallest absolute Gasteiger partial charge is 0.254 e. The first kappa shape index (κ1) is 12.8. The van der Waals surface area contributed by atoms with E-state index in [1.54, 1.807) is 23.1 Å². The standard InChI is InChI=1S/C14H16N2O4/c17-14(16-5-3-11(15-18)4-6-16)10-1-2-12-13(9-10)20-8-7-19-12/h1-2,9,18H,3-8H2. The SMILES string of the molecule is O=C(c1ccc2c(c1)OCCO2)N1CCC(=NO)CC1. The van der Waals surface area contributed by atoms with Gasteiger partial charge in [0.1, 0.15) is 13.2 Å². The molecule has 1 N–H and O–H groups in total. The summed E-state index contributed by atoms with van der Waals surface area (Å²) >= 11 is 0. The number of hydrogen-bond donors (Lipinski definition) is 1. The minimum atomic E-state index is -0.0287. The molecule has 1 amide bonds. The van der Waals surface area contributed by atoms with Crippen LogP contribution in [0.3, 0.4) is 0 Å². The molecule has 0 bridgehead atoms. The molecular weight excluding hydrogens is 260 g/mol. The molecule has 20 heavy (non-hydrogen) atoms. The summed E-state index contributed by atoms with van der Waals surface area (Å²) in [5.41, 5.74) is 1.34. The van der Waals surface area contributed by atoms with Gasteiger partial charge in [-0.1, -0.05) is 5.16 Å². The van der Waals surface area contributed by atoms with Gasteiger partial charge in [-0.05, 0) is 18.2 Å². The van der Waals surface area contributed by atoms with Crippen LogP contribution in [-0.4, -0.2) is 48.0 Å². The molecule has 6 heteroatoms. The first-order valence-corrected chi connectivity index (χ1v) is 6.66. The van der Waals surface area contributed by atoms with Crippen LogP contribution in [0.15, 0.2) is 23.4 Å². The number of benzene rings is 1. The van der Waals surface area contributed by atoms with Crippen molar-refractivity contribution in [3.05, 3.63) is 23.8 Å². The number of oxime groups is 1. The molecule has 0 saturated carbocycles. The number of ether oxygens (including phenoxy) is 2. The van der Waals surface area contributed by atoms with Crippen molar-refractivity contribution in [3.8, 4) is 11.5 Å². The second-order valence-corrected chi connectivity index (χ2v) is 4.82. The monoisotopic (exact) mass is 276 g/mol. The molecule has 2 aliphatic rings. The number of piperidine rings is 1. The molecule has 1 fully saturated rings. The van der Waals surface area contributed by atoms with E-state index in [0.29, 0.717) is 56.2 Å². The van der Waals surface area contributed by atoms with Gasteiger partial charge in [0.2, 0.25) is 0 Å². The predicted molar refractivity (Wildman–Crippen MR) is 71.8 cm³/mol. The highest BCUT2D eigenvalue weighted by Gasteiger charge is 2.23. The fourth-order valence-corrected chi connectivity index (χ4v) is 2.43. The first-order valence-electron chi connectivity index (χ1n) is 6.66. The summed E-state index contributed by atoms with van der Waals surface area (Å²) in [5.74, 6) is 1.27. The summed E-state index contributed by atoms with van der Waals surface area (Å²) < 4.78 is 10.9. The van der Waals surface area contributed by atoms with Crippen molar-refractivity contribution in [1.82, 2.24) is 4.90 Å². The van der Waals surface area contributed by atoms with E-state index in [2.05, 4.69) is 5.16 Å². The Labute approximate surface area is 116 Å². The van der Waals surface area contributed by atoms with Crippen LogP contribution in [0.25, 0.3) is 0 Å². The van der Waals surface area contributed by atoms with E-state index in [9.17, 15) is 4.79 Å². The van der Waals surface area contributed by atoms with Crippen LogP contribution >= 0.6 is 0 Å². The molecule has 0 atom stereocenters. The molecule has 2 heterocycles. The van der Waals surface area contributed by atoms with Crippen molar-refractivity contribution in [3.63, 3.8) is 0 Å². The Morgan fingerprint density at radius 1 is 1.15 bits per heavy atom. The van der Waals surface area contributed by atoms with Gasteiger partial charge in [0.15, 0.2) is 11.5 Å². The number of likely N-dealkylation sites (tertiary alicyclic amines) is 1. The number of carbonyl (C=O) groups excluding carboxylic acids is 1. The summed E-state index contributed by atoms with van der Waals surface area (Å²) in [6.45, 7) is 2.19. The fraction of sp³-hybridized carbons (Fsp3) is 0.429. The lowest BCUT2D eigenvalue weighted by Crippen LogP contribution is -2.38.